The quantitative estimate of drug-likeness (QED) is 0.781. The molecule has 21 heavy (non-hydrogen) atoms. The maximum absolute atomic E-state index is 13.1. The van der Waals surface area contributed by atoms with Crippen LogP contribution in [0, 0.1) is 12.7 Å². The van der Waals surface area contributed by atoms with Crippen molar-refractivity contribution in [2.45, 2.75) is 20.3 Å². The number of amides is 1. The molecule has 1 amide bonds. The Labute approximate surface area is 124 Å². The fraction of sp³-hybridized carbons (Fsp3) is 0.467. The number of hydrogen-bond acceptors (Lipinski definition) is 4. The summed E-state index contributed by atoms with van der Waals surface area (Å²) in [7, 11) is 1.73. The van der Waals surface area contributed by atoms with Gasteiger partial charge in [0, 0.05) is 12.2 Å². The highest BCUT2D eigenvalue weighted by Gasteiger charge is 2.11. The molecule has 1 aromatic rings. The summed E-state index contributed by atoms with van der Waals surface area (Å²) in [6.07, 6.45) is 0.233. The van der Waals surface area contributed by atoms with Crippen LogP contribution in [0.3, 0.4) is 0 Å². The molecule has 0 saturated carbocycles. The van der Waals surface area contributed by atoms with Gasteiger partial charge in [-0.1, -0.05) is 6.07 Å². The zero-order chi connectivity index (χ0) is 15.8. The summed E-state index contributed by atoms with van der Waals surface area (Å²) in [6.45, 7) is 4.43. The van der Waals surface area contributed by atoms with Crippen LogP contribution in [0.1, 0.15) is 18.9 Å². The van der Waals surface area contributed by atoms with E-state index in [1.54, 1.807) is 31.9 Å². The van der Waals surface area contributed by atoms with E-state index in [4.69, 9.17) is 4.74 Å². The van der Waals surface area contributed by atoms with Gasteiger partial charge < -0.3 is 10.1 Å². The maximum Gasteiger partial charge on any atom is 0.307 e. The third kappa shape index (κ3) is 6.35. The van der Waals surface area contributed by atoms with Crippen LogP contribution < -0.4 is 5.32 Å². The summed E-state index contributed by atoms with van der Waals surface area (Å²) >= 11 is 0. The third-order valence-electron chi connectivity index (χ3n) is 2.89. The minimum absolute atomic E-state index is 0.120. The second-order valence-corrected chi connectivity index (χ2v) is 4.80. The Morgan fingerprint density at radius 3 is 2.76 bits per heavy atom. The van der Waals surface area contributed by atoms with E-state index in [-0.39, 0.29) is 24.8 Å². The van der Waals surface area contributed by atoms with Crippen LogP contribution in [0.2, 0.25) is 0 Å². The minimum Gasteiger partial charge on any atom is -0.466 e. The summed E-state index contributed by atoms with van der Waals surface area (Å²) in [4.78, 5) is 24.8. The highest BCUT2D eigenvalue weighted by Crippen LogP contribution is 2.15. The van der Waals surface area contributed by atoms with Crippen molar-refractivity contribution in [1.29, 1.82) is 0 Å². The number of likely N-dealkylation sites (N-methyl/N-ethyl adjacent to an activating group) is 1. The van der Waals surface area contributed by atoms with Gasteiger partial charge in [-0.2, -0.15) is 0 Å². The van der Waals surface area contributed by atoms with Crippen molar-refractivity contribution in [3.8, 4) is 0 Å². The lowest BCUT2D eigenvalue weighted by molar-refractivity contribution is -0.143. The molecule has 0 atom stereocenters. The normalized spacial score (nSPS) is 10.5. The second-order valence-electron chi connectivity index (χ2n) is 4.80. The number of nitrogens with zero attached hydrogens (tertiary/aromatic N) is 1. The van der Waals surface area contributed by atoms with E-state index in [2.05, 4.69) is 5.32 Å². The van der Waals surface area contributed by atoms with Crippen molar-refractivity contribution in [2.75, 3.05) is 32.1 Å². The molecule has 0 aliphatic heterocycles. The van der Waals surface area contributed by atoms with Crippen molar-refractivity contribution < 1.29 is 18.7 Å². The average Bonchev–Trinajstić information content (AvgIpc) is 2.41. The molecule has 5 nitrogen and oxygen atoms in total. The zero-order valence-corrected chi connectivity index (χ0v) is 12.6. The predicted octanol–water partition coefficient (Wildman–Crippen LogP) is 1.96. The molecular formula is C15H21FN2O3. The molecule has 0 aliphatic rings. The lowest BCUT2D eigenvalue weighted by atomic mass is 10.2. The first-order valence-electron chi connectivity index (χ1n) is 6.82. The Bertz CT molecular complexity index is 506. The van der Waals surface area contributed by atoms with Crippen molar-refractivity contribution in [1.82, 2.24) is 4.90 Å². The van der Waals surface area contributed by atoms with Crippen LogP contribution in [-0.2, 0) is 14.3 Å². The fourth-order valence-electron chi connectivity index (χ4n) is 1.76. The van der Waals surface area contributed by atoms with Gasteiger partial charge in [-0.25, -0.2) is 4.39 Å². The van der Waals surface area contributed by atoms with E-state index in [0.717, 1.165) is 5.56 Å². The molecule has 1 aromatic carbocycles. The van der Waals surface area contributed by atoms with Crippen molar-refractivity contribution in [2.24, 2.45) is 0 Å². The Morgan fingerprint density at radius 1 is 1.38 bits per heavy atom. The Balaban J connectivity index is 2.42. The summed E-state index contributed by atoms with van der Waals surface area (Å²) in [5.74, 6) is -0.938. The predicted molar refractivity (Wildman–Crippen MR) is 78.5 cm³/mol. The molecule has 1 rings (SSSR count). The van der Waals surface area contributed by atoms with Gasteiger partial charge in [-0.3, -0.25) is 14.5 Å². The van der Waals surface area contributed by atoms with Gasteiger partial charge in [-0.15, -0.1) is 0 Å². The van der Waals surface area contributed by atoms with E-state index < -0.39 is 5.82 Å². The molecule has 0 fully saturated rings. The number of nitrogens with one attached hydrogen (secondary N) is 1. The SMILES string of the molecule is CCOC(=O)CCN(C)CC(=O)Nc1cc(F)ccc1C. The number of ether oxygens (including phenoxy) is 1. The molecule has 1 N–H and O–H groups in total. The van der Waals surface area contributed by atoms with Gasteiger partial charge in [0.2, 0.25) is 5.91 Å². The Morgan fingerprint density at radius 2 is 2.10 bits per heavy atom. The van der Waals surface area contributed by atoms with Crippen molar-refractivity contribution in [3.63, 3.8) is 0 Å². The number of carbonyl (C=O) groups excluding carboxylic acids is 2. The van der Waals surface area contributed by atoms with E-state index in [0.29, 0.717) is 18.8 Å². The Hall–Kier alpha value is -1.95. The molecule has 0 spiro atoms. The molecule has 0 aromatic heterocycles. The standard InChI is InChI=1S/C15H21FN2O3/c1-4-21-15(20)7-8-18(3)10-14(19)17-13-9-12(16)6-5-11(13)2/h5-6,9H,4,7-8,10H2,1-3H3,(H,17,19). The maximum atomic E-state index is 13.1. The van der Waals surface area contributed by atoms with Gasteiger partial charge in [0.1, 0.15) is 5.82 Å². The molecular weight excluding hydrogens is 275 g/mol. The van der Waals surface area contributed by atoms with E-state index >= 15 is 0 Å². The van der Waals surface area contributed by atoms with E-state index in [1.165, 1.54) is 12.1 Å². The first-order chi connectivity index (χ1) is 9.92. The largest absolute Gasteiger partial charge is 0.466 e. The van der Waals surface area contributed by atoms with E-state index in [1.807, 2.05) is 0 Å². The van der Waals surface area contributed by atoms with Gasteiger partial charge in [0.25, 0.3) is 0 Å². The number of aryl methyl sites for hydroxylation is 1. The second kappa shape index (κ2) is 8.36. The smallest absolute Gasteiger partial charge is 0.307 e. The van der Waals surface area contributed by atoms with Crippen LogP contribution in [0.25, 0.3) is 0 Å². The first-order valence-corrected chi connectivity index (χ1v) is 6.82. The minimum atomic E-state index is -0.397. The molecule has 0 saturated heterocycles. The molecule has 0 heterocycles. The zero-order valence-electron chi connectivity index (χ0n) is 12.6. The van der Waals surface area contributed by atoms with Crippen LogP contribution in [0.4, 0.5) is 10.1 Å². The monoisotopic (exact) mass is 296 g/mol. The Kier molecular flexibility index (Phi) is 6.81. The molecule has 0 unspecified atom stereocenters. The van der Waals surface area contributed by atoms with Gasteiger partial charge >= 0.3 is 5.97 Å². The number of rotatable bonds is 7. The average molecular weight is 296 g/mol. The van der Waals surface area contributed by atoms with Crippen molar-refractivity contribution >= 4 is 17.6 Å². The molecule has 0 aliphatic carbocycles. The number of halogens is 1. The van der Waals surface area contributed by atoms with Crippen LogP contribution >= 0.6 is 0 Å². The number of hydrogen-bond donors (Lipinski definition) is 1. The molecule has 0 bridgehead atoms. The van der Waals surface area contributed by atoms with Gasteiger partial charge in [-0.05, 0) is 38.6 Å². The first kappa shape index (κ1) is 17.1. The molecule has 0 radical (unpaired) electrons. The number of benzene rings is 1. The molecule has 116 valence electrons. The lowest BCUT2D eigenvalue weighted by Gasteiger charge is -2.16. The van der Waals surface area contributed by atoms with Crippen LogP contribution in [0.5, 0.6) is 0 Å². The highest BCUT2D eigenvalue weighted by molar-refractivity contribution is 5.92. The fourth-order valence-corrected chi connectivity index (χ4v) is 1.76. The topological polar surface area (TPSA) is 58.6 Å². The van der Waals surface area contributed by atoms with E-state index in [9.17, 15) is 14.0 Å². The summed E-state index contributed by atoms with van der Waals surface area (Å²) < 4.78 is 17.9. The number of esters is 1. The van der Waals surface area contributed by atoms with Crippen LogP contribution in [-0.4, -0.2) is 43.5 Å². The summed E-state index contributed by atoms with van der Waals surface area (Å²) in [6, 6.07) is 4.23. The molecule has 6 heteroatoms. The lowest BCUT2D eigenvalue weighted by Crippen LogP contribution is -2.32. The third-order valence-corrected chi connectivity index (χ3v) is 2.89. The van der Waals surface area contributed by atoms with Gasteiger partial charge in [0.05, 0.1) is 19.6 Å². The summed E-state index contributed by atoms with van der Waals surface area (Å²) in [5, 5.41) is 2.66. The number of anilines is 1. The van der Waals surface area contributed by atoms with Crippen molar-refractivity contribution in [3.05, 3.63) is 29.6 Å². The summed E-state index contributed by atoms with van der Waals surface area (Å²) in [5.41, 5.74) is 1.25. The van der Waals surface area contributed by atoms with Crippen LogP contribution in [0.15, 0.2) is 18.2 Å². The highest BCUT2D eigenvalue weighted by atomic mass is 19.1. The number of carbonyl (C=O) groups is 2. The van der Waals surface area contributed by atoms with Gasteiger partial charge in [0.15, 0.2) is 0 Å².